The third-order valence-corrected chi connectivity index (χ3v) is 4.45. The molecule has 0 radical (unpaired) electrons. The SMILES string of the molecule is CC(OCC1CCCO1)C(=O)OCC(=O)NC1CCCCCC1. The molecule has 2 rings (SSSR count). The Morgan fingerprint density at radius 3 is 2.52 bits per heavy atom. The van der Waals surface area contributed by atoms with Gasteiger partial charge in [-0.15, -0.1) is 0 Å². The van der Waals surface area contributed by atoms with Gasteiger partial charge in [0.2, 0.25) is 0 Å². The number of nitrogens with one attached hydrogen (secondary N) is 1. The van der Waals surface area contributed by atoms with Crippen LogP contribution in [0, 0.1) is 0 Å². The van der Waals surface area contributed by atoms with E-state index in [2.05, 4.69) is 5.32 Å². The molecule has 0 bridgehead atoms. The fourth-order valence-electron chi connectivity index (χ4n) is 3.04. The van der Waals surface area contributed by atoms with E-state index in [4.69, 9.17) is 14.2 Å². The van der Waals surface area contributed by atoms with Gasteiger partial charge >= 0.3 is 5.97 Å². The average molecular weight is 327 g/mol. The number of carbonyl (C=O) groups is 2. The Balaban J connectivity index is 1.59. The Morgan fingerprint density at radius 2 is 1.87 bits per heavy atom. The summed E-state index contributed by atoms with van der Waals surface area (Å²) in [6.07, 6.45) is 8.20. The zero-order valence-corrected chi connectivity index (χ0v) is 14.1. The van der Waals surface area contributed by atoms with E-state index in [1.165, 1.54) is 12.8 Å². The van der Waals surface area contributed by atoms with Gasteiger partial charge in [-0.05, 0) is 32.6 Å². The summed E-state index contributed by atoms with van der Waals surface area (Å²) >= 11 is 0. The van der Waals surface area contributed by atoms with E-state index in [1.54, 1.807) is 6.92 Å². The highest BCUT2D eigenvalue weighted by atomic mass is 16.6. The van der Waals surface area contributed by atoms with Crippen LogP contribution in [0.15, 0.2) is 0 Å². The number of amides is 1. The average Bonchev–Trinajstić information content (AvgIpc) is 2.94. The second-order valence-corrected chi connectivity index (χ2v) is 6.47. The second kappa shape index (κ2) is 9.88. The van der Waals surface area contributed by atoms with Crippen molar-refractivity contribution in [2.75, 3.05) is 19.8 Å². The fourth-order valence-corrected chi connectivity index (χ4v) is 3.04. The Morgan fingerprint density at radius 1 is 1.13 bits per heavy atom. The van der Waals surface area contributed by atoms with Gasteiger partial charge in [0, 0.05) is 12.6 Å². The molecule has 2 unspecified atom stereocenters. The Labute approximate surface area is 138 Å². The zero-order valence-electron chi connectivity index (χ0n) is 14.1. The normalized spacial score (nSPS) is 24.0. The van der Waals surface area contributed by atoms with Gasteiger partial charge in [0.15, 0.2) is 12.7 Å². The number of hydrogen-bond donors (Lipinski definition) is 1. The van der Waals surface area contributed by atoms with Crippen molar-refractivity contribution in [3.05, 3.63) is 0 Å². The summed E-state index contributed by atoms with van der Waals surface area (Å²) in [6.45, 7) is 2.56. The van der Waals surface area contributed by atoms with Crippen LogP contribution in [0.2, 0.25) is 0 Å². The molecule has 0 aromatic carbocycles. The van der Waals surface area contributed by atoms with E-state index in [-0.39, 0.29) is 24.7 Å². The van der Waals surface area contributed by atoms with Gasteiger partial charge in [-0.25, -0.2) is 4.79 Å². The van der Waals surface area contributed by atoms with Crippen LogP contribution in [0.25, 0.3) is 0 Å². The van der Waals surface area contributed by atoms with Crippen molar-refractivity contribution in [3.8, 4) is 0 Å². The monoisotopic (exact) mass is 327 g/mol. The molecule has 1 saturated carbocycles. The van der Waals surface area contributed by atoms with E-state index >= 15 is 0 Å². The van der Waals surface area contributed by atoms with E-state index < -0.39 is 12.1 Å². The van der Waals surface area contributed by atoms with Crippen molar-refractivity contribution in [2.45, 2.75) is 76.5 Å². The molecule has 2 fully saturated rings. The van der Waals surface area contributed by atoms with Crippen molar-refractivity contribution in [3.63, 3.8) is 0 Å². The first kappa shape index (κ1) is 18.2. The molecule has 1 heterocycles. The summed E-state index contributed by atoms with van der Waals surface area (Å²) in [4.78, 5) is 23.7. The quantitative estimate of drug-likeness (QED) is 0.571. The largest absolute Gasteiger partial charge is 0.454 e. The second-order valence-electron chi connectivity index (χ2n) is 6.47. The number of rotatable bonds is 7. The predicted molar refractivity (Wildman–Crippen MR) is 85.0 cm³/mol. The summed E-state index contributed by atoms with van der Waals surface area (Å²) < 4.78 is 15.9. The van der Waals surface area contributed by atoms with Gasteiger partial charge in [-0.3, -0.25) is 4.79 Å². The predicted octanol–water partition coefficient (Wildman–Crippen LogP) is 1.95. The molecule has 6 nitrogen and oxygen atoms in total. The van der Waals surface area contributed by atoms with Crippen LogP contribution in [0.1, 0.15) is 58.3 Å². The van der Waals surface area contributed by atoms with Crippen molar-refractivity contribution in [2.24, 2.45) is 0 Å². The molecule has 1 aliphatic heterocycles. The van der Waals surface area contributed by atoms with Gasteiger partial charge < -0.3 is 19.5 Å². The minimum Gasteiger partial charge on any atom is -0.454 e. The molecular weight excluding hydrogens is 298 g/mol. The lowest BCUT2D eigenvalue weighted by atomic mass is 10.1. The summed E-state index contributed by atoms with van der Waals surface area (Å²) in [5.74, 6) is -0.726. The van der Waals surface area contributed by atoms with Crippen LogP contribution in [0.5, 0.6) is 0 Å². The molecule has 0 aromatic rings. The van der Waals surface area contributed by atoms with Crippen LogP contribution in [0.4, 0.5) is 0 Å². The number of esters is 1. The van der Waals surface area contributed by atoms with E-state index in [9.17, 15) is 9.59 Å². The number of carbonyl (C=O) groups excluding carboxylic acids is 2. The lowest BCUT2D eigenvalue weighted by Gasteiger charge is -2.17. The minimum atomic E-state index is -0.676. The summed E-state index contributed by atoms with van der Waals surface area (Å²) in [5, 5.41) is 2.95. The zero-order chi connectivity index (χ0) is 16.5. The molecule has 2 aliphatic rings. The maximum Gasteiger partial charge on any atom is 0.335 e. The van der Waals surface area contributed by atoms with E-state index in [0.29, 0.717) is 6.61 Å². The minimum absolute atomic E-state index is 0.0729. The smallest absolute Gasteiger partial charge is 0.335 e. The molecule has 1 amide bonds. The number of ether oxygens (including phenoxy) is 3. The Hall–Kier alpha value is -1.14. The van der Waals surface area contributed by atoms with E-state index in [0.717, 1.165) is 45.1 Å². The molecular formula is C17H29NO5. The Kier molecular flexibility index (Phi) is 7.82. The van der Waals surface area contributed by atoms with Crippen molar-refractivity contribution in [1.29, 1.82) is 0 Å². The number of hydrogen-bond acceptors (Lipinski definition) is 5. The van der Waals surface area contributed by atoms with Gasteiger partial charge in [0.1, 0.15) is 0 Å². The summed E-state index contributed by atoms with van der Waals surface area (Å²) in [5.41, 5.74) is 0. The highest BCUT2D eigenvalue weighted by Gasteiger charge is 2.22. The molecule has 0 spiro atoms. The lowest BCUT2D eigenvalue weighted by molar-refractivity contribution is -0.160. The van der Waals surface area contributed by atoms with Crippen LogP contribution < -0.4 is 5.32 Å². The first-order valence-electron chi connectivity index (χ1n) is 8.84. The molecule has 6 heteroatoms. The van der Waals surface area contributed by atoms with Crippen LogP contribution in [-0.4, -0.2) is 49.9 Å². The first-order valence-corrected chi connectivity index (χ1v) is 8.84. The van der Waals surface area contributed by atoms with Gasteiger partial charge in [-0.1, -0.05) is 25.7 Å². The molecule has 1 saturated heterocycles. The molecule has 1 N–H and O–H groups in total. The van der Waals surface area contributed by atoms with Gasteiger partial charge in [-0.2, -0.15) is 0 Å². The molecule has 1 aliphatic carbocycles. The first-order chi connectivity index (χ1) is 11.1. The van der Waals surface area contributed by atoms with Crippen molar-refractivity contribution in [1.82, 2.24) is 5.32 Å². The van der Waals surface area contributed by atoms with Crippen LogP contribution >= 0.6 is 0 Å². The topological polar surface area (TPSA) is 73.9 Å². The molecule has 132 valence electrons. The standard InChI is InChI=1S/C17H29NO5/c1-13(22-11-15-9-6-10-21-15)17(20)23-12-16(19)18-14-7-4-2-3-5-8-14/h13-15H,2-12H2,1H3,(H,18,19). The van der Waals surface area contributed by atoms with Crippen LogP contribution in [0.3, 0.4) is 0 Å². The van der Waals surface area contributed by atoms with Crippen molar-refractivity contribution >= 4 is 11.9 Å². The maximum atomic E-state index is 11.9. The molecule has 0 aromatic heterocycles. The maximum absolute atomic E-state index is 11.9. The Bertz CT molecular complexity index is 373. The highest BCUT2D eigenvalue weighted by molar-refractivity contribution is 5.82. The third kappa shape index (κ3) is 6.87. The molecule has 2 atom stereocenters. The third-order valence-electron chi connectivity index (χ3n) is 4.45. The highest BCUT2D eigenvalue weighted by Crippen LogP contribution is 2.17. The molecule has 23 heavy (non-hydrogen) atoms. The van der Waals surface area contributed by atoms with Crippen molar-refractivity contribution < 1.29 is 23.8 Å². The lowest BCUT2D eigenvalue weighted by Crippen LogP contribution is -2.38. The fraction of sp³-hybridized carbons (Fsp3) is 0.882. The van der Waals surface area contributed by atoms with Gasteiger partial charge in [0.25, 0.3) is 5.91 Å². The van der Waals surface area contributed by atoms with Crippen LogP contribution in [-0.2, 0) is 23.8 Å². The summed E-state index contributed by atoms with van der Waals surface area (Å²) in [7, 11) is 0. The summed E-state index contributed by atoms with van der Waals surface area (Å²) in [6, 6.07) is 0.219. The van der Waals surface area contributed by atoms with Gasteiger partial charge in [0.05, 0.1) is 12.7 Å². The van der Waals surface area contributed by atoms with E-state index in [1.807, 2.05) is 0 Å².